The summed E-state index contributed by atoms with van der Waals surface area (Å²) < 4.78 is 0.790. The van der Waals surface area contributed by atoms with Gasteiger partial charge in [0.25, 0.3) is 0 Å². The largest absolute Gasteiger partial charge is 0.391 e. The van der Waals surface area contributed by atoms with Crippen LogP contribution in [0.5, 0.6) is 0 Å². The van der Waals surface area contributed by atoms with Crippen molar-refractivity contribution in [3.63, 3.8) is 0 Å². The molecule has 1 aromatic heterocycles. The van der Waals surface area contributed by atoms with E-state index >= 15 is 0 Å². The van der Waals surface area contributed by atoms with Crippen molar-refractivity contribution in [1.82, 2.24) is 5.32 Å². The molecule has 0 saturated heterocycles. The predicted octanol–water partition coefficient (Wildman–Crippen LogP) is 3.15. The first-order chi connectivity index (χ1) is 9.31. The molecule has 0 saturated carbocycles. The van der Waals surface area contributed by atoms with Crippen LogP contribution < -0.4 is 5.32 Å². The highest BCUT2D eigenvalue weighted by molar-refractivity contribution is 7.20. The summed E-state index contributed by atoms with van der Waals surface area (Å²) in [5.41, 5.74) is 0.358. The normalized spacial score (nSPS) is 12.5. The minimum atomic E-state index is -0.584. The zero-order valence-corrected chi connectivity index (χ0v) is 13.6. The Labute approximate surface area is 132 Å². The molecule has 0 aliphatic heterocycles. The van der Waals surface area contributed by atoms with Gasteiger partial charge in [0, 0.05) is 24.9 Å². The molecule has 1 heterocycles. The van der Waals surface area contributed by atoms with Crippen molar-refractivity contribution in [2.45, 2.75) is 32.8 Å². The lowest BCUT2D eigenvalue weighted by Gasteiger charge is -2.14. The first-order valence-electron chi connectivity index (χ1n) is 6.24. The number of thiophene rings is 1. The second kappa shape index (κ2) is 7.98. The third kappa shape index (κ3) is 5.40. The topological polar surface area (TPSA) is 66.4 Å². The van der Waals surface area contributed by atoms with Crippen molar-refractivity contribution >= 4 is 46.2 Å². The van der Waals surface area contributed by atoms with Gasteiger partial charge in [-0.1, -0.05) is 37.0 Å². The summed E-state index contributed by atoms with van der Waals surface area (Å²) in [5, 5.41) is 12.2. The molecule has 2 N–H and O–H groups in total. The SMILES string of the molecule is CC(C)C(O)CNC(=O)CCC(=O)c1cc(Cl)sc1Cl. The highest BCUT2D eigenvalue weighted by Crippen LogP contribution is 2.32. The lowest BCUT2D eigenvalue weighted by Crippen LogP contribution is -2.34. The highest BCUT2D eigenvalue weighted by Gasteiger charge is 2.16. The zero-order valence-electron chi connectivity index (χ0n) is 11.3. The number of Topliss-reactive ketones (excluding diaryl/α,β-unsaturated/α-hetero) is 1. The maximum atomic E-state index is 11.9. The van der Waals surface area contributed by atoms with Gasteiger partial charge in [0.15, 0.2) is 5.78 Å². The molecule has 0 aromatic carbocycles. The van der Waals surface area contributed by atoms with Crippen molar-refractivity contribution in [3.8, 4) is 0 Å². The molecule has 4 nitrogen and oxygen atoms in total. The van der Waals surface area contributed by atoms with Crippen LogP contribution in [-0.2, 0) is 4.79 Å². The monoisotopic (exact) mass is 337 g/mol. The third-order valence-corrected chi connectivity index (χ3v) is 4.30. The number of halogens is 2. The Kier molecular flexibility index (Phi) is 6.95. The summed E-state index contributed by atoms with van der Waals surface area (Å²) in [7, 11) is 0. The molecule has 0 spiro atoms. The van der Waals surface area contributed by atoms with Crippen molar-refractivity contribution in [2.24, 2.45) is 5.92 Å². The molecule has 20 heavy (non-hydrogen) atoms. The minimum absolute atomic E-state index is 0.0629. The number of aliphatic hydroxyl groups excluding tert-OH is 1. The molecule has 1 unspecified atom stereocenters. The van der Waals surface area contributed by atoms with Crippen LogP contribution in [0.3, 0.4) is 0 Å². The Morgan fingerprint density at radius 3 is 2.50 bits per heavy atom. The first kappa shape index (κ1) is 17.4. The molecule has 0 fully saturated rings. The van der Waals surface area contributed by atoms with E-state index in [0.29, 0.717) is 14.2 Å². The maximum absolute atomic E-state index is 11.9. The molecule has 1 rings (SSSR count). The van der Waals surface area contributed by atoms with E-state index in [9.17, 15) is 14.7 Å². The average Bonchev–Trinajstić information content (AvgIpc) is 2.71. The van der Waals surface area contributed by atoms with E-state index in [1.54, 1.807) is 0 Å². The standard InChI is InChI=1S/C13H17Cl2NO3S/c1-7(2)10(18)6-16-12(19)4-3-9(17)8-5-11(14)20-13(8)15/h5,7,10,18H,3-4,6H2,1-2H3,(H,16,19). The Balaban J connectivity index is 2.38. The van der Waals surface area contributed by atoms with Gasteiger partial charge in [-0.05, 0) is 12.0 Å². The molecule has 0 aliphatic rings. The van der Waals surface area contributed by atoms with Crippen LogP contribution in [0.25, 0.3) is 0 Å². The second-order valence-corrected chi connectivity index (χ2v) is 7.06. The van der Waals surface area contributed by atoms with Crippen LogP contribution in [0.2, 0.25) is 8.67 Å². The van der Waals surface area contributed by atoms with Gasteiger partial charge >= 0.3 is 0 Å². The lowest BCUT2D eigenvalue weighted by atomic mass is 10.1. The van der Waals surface area contributed by atoms with Gasteiger partial charge in [0.05, 0.1) is 10.4 Å². The number of hydrogen-bond donors (Lipinski definition) is 2. The average molecular weight is 338 g/mol. The number of hydrogen-bond acceptors (Lipinski definition) is 4. The summed E-state index contributed by atoms with van der Waals surface area (Å²) in [5.74, 6) is -0.406. The summed E-state index contributed by atoms with van der Waals surface area (Å²) >= 11 is 12.8. The minimum Gasteiger partial charge on any atom is -0.391 e. The van der Waals surface area contributed by atoms with E-state index in [4.69, 9.17) is 23.2 Å². The van der Waals surface area contributed by atoms with E-state index in [1.165, 1.54) is 6.07 Å². The van der Waals surface area contributed by atoms with Gasteiger partial charge < -0.3 is 10.4 Å². The molecule has 1 aromatic rings. The molecule has 0 radical (unpaired) electrons. The van der Waals surface area contributed by atoms with Gasteiger partial charge in [-0.15, -0.1) is 11.3 Å². The van der Waals surface area contributed by atoms with E-state index < -0.39 is 6.10 Å². The Bertz CT molecular complexity index is 488. The lowest BCUT2D eigenvalue weighted by molar-refractivity contribution is -0.121. The van der Waals surface area contributed by atoms with Crippen LogP contribution in [0.15, 0.2) is 6.07 Å². The smallest absolute Gasteiger partial charge is 0.220 e. The molecule has 112 valence electrons. The Morgan fingerprint density at radius 2 is 2.00 bits per heavy atom. The Morgan fingerprint density at radius 1 is 1.35 bits per heavy atom. The fourth-order valence-corrected chi connectivity index (χ4v) is 2.93. The second-order valence-electron chi connectivity index (χ2n) is 4.78. The molecule has 1 atom stereocenters. The van der Waals surface area contributed by atoms with E-state index in [0.717, 1.165) is 11.3 Å². The van der Waals surface area contributed by atoms with Crippen LogP contribution >= 0.6 is 34.5 Å². The number of carbonyl (C=O) groups excluding carboxylic acids is 2. The highest BCUT2D eigenvalue weighted by atomic mass is 35.5. The molecule has 7 heteroatoms. The molecular weight excluding hydrogens is 321 g/mol. The van der Waals surface area contributed by atoms with Crippen LogP contribution in [0.4, 0.5) is 0 Å². The van der Waals surface area contributed by atoms with Gasteiger partial charge in [-0.3, -0.25) is 9.59 Å². The quantitative estimate of drug-likeness (QED) is 0.751. The predicted molar refractivity (Wildman–Crippen MR) is 81.8 cm³/mol. The number of aliphatic hydroxyl groups is 1. The zero-order chi connectivity index (χ0) is 15.3. The maximum Gasteiger partial charge on any atom is 0.220 e. The van der Waals surface area contributed by atoms with Crippen molar-refractivity contribution in [1.29, 1.82) is 0 Å². The van der Waals surface area contributed by atoms with E-state index in [1.807, 2.05) is 13.8 Å². The van der Waals surface area contributed by atoms with E-state index in [2.05, 4.69) is 5.32 Å². The number of nitrogens with one attached hydrogen (secondary N) is 1. The summed E-state index contributed by atoms with van der Waals surface area (Å²) in [6, 6.07) is 1.51. The fraction of sp³-hybridized carbons (Fsp3) is 0.538. The molecule has 1 amide bonds. The van der Waals surface area contributed by atoms with Gasteiger partial charge in [0.2, 0.25) is 5.91 Å². The van der Waals surface area contributed by atoms with Crippen molar-refractivity contribution in [2.75, 3.05) is 6.54 Å². The third-order valence-electron chi connectivity index (χ3n) is 2.81. The molecule has 0 aliphatic carbocycles. The van der Waals surface area contributed by atoms with Crippen LogP contribution in [0, 0.1) is 5.92 Å². The molecular formula is C13H17Cl2NO3S. The fourth-order valence-electron chi connectivity index (χ4n) is 1.43. The number of ketones is 1. The van der Waals surface area contributed by atoms with Crippen LogP contribution in [0.1, 0.15) is 37.0 Å². The number of amides is 1. The van der Waals surface area contributed by atoms with Gasteiger partial charge in [-0.25, -0.2) is 0 Å². The molecule has 0 bridgehead atoms. The Hall–Kier alpha value is -0.620. The number of carbonyl (C=O) groups is 2. The van der Waals surface area contributed by atoms with Crippen molar-refractivity contribution in [3.05, 3.63) is 20.3 Å². The summed E-state index contributed by atoms with van der Waals surface area (Å²) in [6.45, 7) is 3.92. The number of rotatable bonds is 7. The van der Waals surface area contributed by atoms with Crippen molar-refractivity contribution < 1.29 is 14.7 Å². The summed E-state index contributed by atoms with van der Waals surface area (Å²) in [6.07, 6.45) is -0.455. The first-order valence-corrected chi connectivity index (χ1v) is 7.81. The summed E-state index contributed by atoms with van der Waals surface area (Å²) in [4.78, 5) is 23.4. The van der Waals surface area contributed by atoms with Gasteiger partial charge in [-0.2, -0.15) is 0 Å². The van der Waals surface area contributed by atoms with E-state index in [-0.39, 0.29) is 37.0 Å². The van der Waals surface area contributed by atoms with Crippen LogP contribution in [-0.4, -0.2) is 29.4 Å². The van der Waals surface area contributed by atoms with Gasteiger partial charge in [0.1, 0.15) is 4.34 Å².